The molecule has 1 aliphatic heterocycles. The SMILES string of the molecule is Cc1cc(CN2CCN(C3CCCCC3)CC2)on1. The van der Waals surface area contributed by atoms with Crippen LogP contribution in [-0.2, 0) is 6.54 Å². The lowest BCUT2D eigenvalue weighted by molar-refractivity contribution is 0.0711. The number of rotatable bonds is 3. The summed E-state index contributed by atoms with van der Waals surface area (Å²) in [5, 5.41) is 3.96. The Morgan fingerprint density at radius 1 is 1.16 bits per heavy atom. The minimum absolute atomic E-state index is 0.864. The van der Waals surface area contributed by atoms with E-state index in [4.69, 9.17) is 4.52 Å². The van der Waals surface area contributed by atoms with E-state index < -0.39 is 0 Å². The van der Waals surface area contributed by atoms with E-state index >= 15 is 0 Å². The minimum Gasteiger partial charge on any atom is -0.360 e. The molecule has 1 aromatic rings. The van der Waals surface area contributed by atoms with Crippen LogP contribution in [0.5, 0.6) is 0 Å². The third kappa shape index (κ3) is 3.37. The lowest BCUT2D eigenvalue weighted by Gasteiger charge is -2.40. The molecule has 1 aliphatic carbocycles. The van der Waals surface area contributed by atoms with Crippen molar-refractivity contribution in [1.29, 1.82) is 0 Å². The quantitative estimate of drug-likeness (QED) is 0.838. The van der Waals surface area contributed by atoms with Gasteiger partial charge in [-0.05, 0) is 19.8 Å². The molecule has 106 valence electrons. The second-order valence-corrected chi connectivity index (χ2v) is 6.04. The van der Waals surface area contributed by atoms with Gasteiger partial charge in [-0.2, -0.15) is 0 Å². The summed E-state index contributed by atoms with van der Waals surface area (Å²) >= 11 is 0. The van der Waals surface area contributed by atoms with Gasteiger partial charge in [0.1, 0.15) is 0 Å². The number of hydrogen-bond acceptors (Lipinski definition) is 4. The highest BCUT2D eigenvalue weighted by Crippen LogP contribution is 2.23. The van der Waals surface area contributed by atoms with Gasteiger partial charge in [0.05, 0.1) is 12.2 Å². The molecule has 1 saturated heterocycles. The first-order valence-electron chi connectivity index (χ1n) is 7.70. The second kappa shape index (κ2) is 6.06. The lowest BCUT2D eigenvalue weighted by atomic mass is 9.94. The first kappa shape index (κ1) is 13.1. The van der Waals surface area contributed by atoms with Crippen LogP contribution in [0.1, 0.15) is 43.6 Å². The normalized spacial score (nSPS) is 23.8. The molecule has 2 heterocycles. The van der Waals surface area contributed by atoms with Crippen molar-refractivity contribution < 1.29 is 4.52 Å². The smallest absolute Gasteiger partial charge is 0.150 e. The first-order chi connectivity index (χ1) is 9.31. The molecular weight excluding hydrogens is 238 g/mol. The molecule has 1 aromatic heterocycles. The molecule has 0 radical (unpaired) electrons. The van der Waals surface area contributed by atoms with E-state index in [1.165, 1.54) is 45.2 Å². The van der Waals surface area contributed by atoms with E-state index in [2.05, 4.69) is 15.0 Å². The molecule has 2 fully saturated rings. The second-order valence-electron chi connectivity index (χ2n) is 6.04. The molecule has 2 aliphatic rings. The summed E-state index contributed by atoms with van der Waals surface area (Å²) in [4.78, 5) is 5.20. The molecule has 0 atom stereocenters. The summed E-state index contributed by atoms with van der Waals surface area (Å²) in [5.41, 5.74) is 0.982. The largest absolute Gasteiger partial charge is 0.360 e. The molecule has 4 heteroatoms. The Labute approximate surface area is 115 Å². The number of aromatic nitrogens is 1. The lowest BCUT2D eigenvalue weighted by Crippen LogP contribution is -2.50. The van der Waals surface area contributed by atoms with Gasteiger partial charge in [-0.3, -0.25) is 9.80 Å². The van der Waals surface area contributed by atoms with Crippen molar-refractivity contribution in [1.82, 2.24) is 15.0 Å². The zero-order valence-electron chi connectivity index (χ0n) is 12.0. The molecule has 1 saturated carbocycles. The maximum Gasteiger partial charge on any atom is 0.150 e. The van der Waals surface area contributed by atoms with Crippen LogP contribution in [0.15, 0.2) is 10.6 Å². The van der Waals surface area contributed by atoms with Crippen LogP contribution in [0.2, 0.25) is 0 Å². The van der Waals surface area contributed by atoms with E-state index in [0.29, 0.717) is 0 Å². The monoisotopic (exact) mass is 263 g/mol. The van der Waals surface area contributed by atoms with E-state index in [-0.39, 0.29) is 0 Å². The predicted molar refractivity (Wildman–Crippen MR) is 75.0 cm³/mol. The van der Waals surface area contributed by atoms with E-state index in [9.17, 15) is 0 Å². The summed E-state index contributed by atoms with van der Waals surface area (Å²) in [6.07, 6.45) is 7.15. The fourth-order valence-electron chi connectivity index (χ4n) is 3.44. The highest BCUT2D eigenvalue weighted by Gasteiger charge is 2.25. The third-order valence-corrected chi connectivity index (χ3v) is 4.55. The van der Waals surface area contributed by atoms with E-state index in [1.54, 1.807) is 0 Å². The Morgan fingerprint density at radius 2 is 1.89 bits per heavy atom. The van der Waals surface area contributed by atoms with Gasteiger partial charge in [0, 0.05) is 38.3 Å². The fourth-order valence-corrected chi connectivity index (χ4v) is 3.44. The van der Waals surface area contributed by atoms with Crippen molar-refractivity contribution in [2.45, 2.75) is 51.6 Å². The van der Waals surface area contributed by atoms with E-state index in [0.717, 1.165) is 37.1 Å². The molecule has 0 unspecified atom stereocenters. The summed E-state index contributed by atoms with van der Waals surface area (Å²) in [6.45, 7) is 7.66. The van der Waals surface area contributed by atoms with Gasteiger partial charge in [0.25, 0.3) is 0 Å². The Kier molecular flexibility index (Phi) is 4.18. The van der Waals surface area contributed by atoms with Gasteiger partial charge in [-0.15, -0.1) is 0 Å². The van der Waals surface area contributed by atoms with Crippen molar-refractivity contribution >= 4 is 0 Å². The Morgan fingerprint density at radius 3 is 2.53 bits per heavy atom. The molecule has 4 nitrogen and oxygen atoms in total. The number of hydrogen-bond donors (Lipinski definition) is 0. The van der Waals surface area contributed by atoms with Crippen molar-refractivity contribution in [2.24, 2.45) is 0 Å². The average molecular weight is 263 g/mol. The van der Waals surface area contributed by atoms with Crippen molar-refractivity contribution in [3.63, 3.8) is 0 Å². The topological polar surface area (TPSA) is 32.5 Å². The molecule has 0 amide bonds. The van der Waals surface area contributed by atoms with Crippen molar-refractivity contribution in [2.75, 3.05) is 26.2 Å². The first-order valence-corrected chi connectivity index (χ1v) is 7.70. The number of piperazine rings is 1. The molecular formula is C15H25N3O. The highest BCUT2D eigenvalue weighted by molar-refractivity contribution is 5.03. The van der Waals surface area contributed by atoms with Crippen LogP contribution in [0.25, 0.3) is 0 Å². The average Bonchev–Trinajstić information content (AvgIpc) is 2.86. The van der Waals surface area contributed by atoms with Crippen molar-refractivity contribution in [3.8, 4) is 0 Å². The summed E-state index contributed by atoms with van der Waals surface area (Å²) in [5.74, 6) is 1.00. The molecule has 0 N–H and O–H groups in total. The van der Waals surface area contributed by atoms with Gasteiger partial charge in [0.15, 0.2) is 5.76 Å². The zero-order chi connectivity index (χ0) is 13.1. The van der Waals surface area contributed by atoms with Gasteiger partial charge in [-0.1, -0.05) is 24.4 Å². The van der Waals surface area contributed by atoms with Crippen LogP contribution < -0.4 is 0 Å². The fraction of sp³-hybridized carbons (Fsp3) is 0.800. The predicted octanol–water partition coefficient (Wildman–Crippen LogP) is 2.43. The van der Waals surface area contributed by atoms with Crippen LogP contribution in [0.4, 0.5) is 0 Å². The third-order valence-electron chi connectivity index (χ3n) is 4.55. The summed E-state index contributed by atoms with van der Waals surface area (Å²) in [7, 11) is 0. The van der Waals surface area contributed by atoms with Gasteiger partial charge in [0.2, 0.25) is 0 Å². The van der Waals surface area contributed by atoms with Gasteiger partial charge < -0.3 is 4.52 Å². The van der Waals surface area contributed by atoms with Gasteiger partial charge >= 0.3 is 0 Å². The van der Waals surface area contributed by atoms with Gasteiger partial charge in [-0.25, -0.2) is 0 Å². The van der Waals surface area contributed by atoms with E-state index in [1.807, 2.05) is 13.0 Å². The Balaban J connectivity index is 1.46. The van der Waals surface area contributed by atoms with Crippen molar-refractivity contribution in [3.05, 3.63) is 17.5 Å². The molecule has 0 aromatic carbocycles. The molecule has 0 bridgehead atoms. The van der Waals surface area contributed by atoms with Crippen LogP contribution in [0.3, 0.4) is 0 Å². The standard InChI is InChI=1S/C15H25N3O/c1-13-11-15(19-16-13)12-17-7-9-18(10-8-17)14-5-3-2-4-6-14/h11,14H,2-10,12H2,1H3. The molecule has 19 heavy (non-hydrogen) atoms. The molecule has 3 rings (SSSR count). The number of nitrogens with zero attached hydrogens (tertiary/aromatic N) is 3. The molecule has 0 spiro atoms. The van der Waals surface area contributed by atoms with Crippen LogP contribution in [-0.4, -0.2) is 47.2 Å². The minimum atomic E-state index is 0.864. The summed E-state index contributed by atoms with van der Waals surface area (Å²) in [6, 6.07) is 2.91. The summed E-state index contributed by atoms with van der Waals surface area (Å²) < 4.78 is 5.30. The Bertz CT molecular complexity index is 390. The zero-order valence-corrected chi connectivity index (χ0v) is 12.0. The Hall–Kier alpha value is -0.870. The highest BCUT2D eigenvalue weighted by atomic mass is 16.5. The maximum absolute atomic E-state index is 5.30. The number of aryl methyl sites for hydroxylation is 1. The van der Waals surface area contributed by atoms with Crippen LogP contribution >= 0.6 is 0 Å². The van der Waals surface area contributed by atoms with Crippen LogP contribution in [0, 0.1) is 6.92 Å². The maximum atomic E-state index is 5.30.